The molecule has 0 saturated carbocycles. The highest BCUT2D eigenvalue weighted by atomic mass is 15.2. The average molecular weight is 209 g/mol. The molecule has 15 heavy (non-hydrogen) atoms. The quantitative estimate of drug-likeness (QED) is 0.759. The second-order valence-corrected chi connectivity index (χ2v) is 4.96. The Morgan fingerprint density at radius 2 is 1.87 bits per heavy atom. The summed E-state index contributed by atoms with van der Waals surface area (Å²) < 4.78 is 1.87. The largest absolute Gasteiger partial charge is 0.302 e. The maximum Gasteiger partial charge on any atom is 0.0537 e. The van der Waals surface area contributed by atoms with E-state index < -0.39 is 0 Å². The molecule has 1 rings (SSSR count). The summed E-state index contributed by atoms with van der Waals surface area (Å²) in [6.07, 6.45) is 4.09. The van der Waals surface area contributed by atoms with Gasteiger partial charge in [-0.15, -0.1) is 0 Å². The van der Waals surface area contributed by atoms with Crippen LogP contribution in [0.2, 0.25) is 0 Å². The topological polar surface area (TPSA) is 21.1 Å². The van der Waals surface area contributed by atoms with Crippen LogP contribution in [0.5, 0.6) is 0 Å². The molecule has 1 heterocycles. The van der Waals surface area contributed by atoms with E-state index in [-0.39, 0.29) is 0 Å². The van der Waals surface area contributed by atoms with Gasteiger partial charge in [-0.1, -0.05) is 20.8 Å². The summed E-state index contributed by atoms with van der Waals surface area (Å²) in [6, 6.07) is 0.457. The fourth-order valence-electron chi connectivity index (χ4n) is 2.03. The fraction of sp³-hybridized carbons (Fsp3) is 0.750. The first kappa shape index (κ1) is 12.2. The van der Waals surface area contributed by atoms with Crippen molar-refractivity contribution in [1.29, 1.82) is 0 Å². The van der Waals surface area contributed by atoms with Crippen LogP contribution in [0.25, 0.3) is 0 Å². The van der Waals surface area contributed by atoms with Crippen molar-refractivity contribution in [3.63, 3.8) is 0 Å². The zero-order chi connectivity index (χ0) is 11.6. The molecule has 0 saturated heterocycles. The Balaban J connectivity index is 2.93. The summed E-state index contributed by atoms with van der Waals surface area (Å²) in [5, 5.41) is 4.25. The summed E-state index contributed by atoms with van der Waals surface area (Å²) in [5.74, 6) is 1.31. The number of aryl methyl sites for hydroxylation is 1. The summed E-state index contributed by atoms with van der Waals surface area (Å²) in [6.45, 7) is 6.86. The maximum absolute atomic E-state index is 4.25. The second-order valence-electron chi connectivity index (χ2n) is 4.96. The zero-order valence-electron chi connectivity index (χ0n) is 10.7. The van der Waals surface area contributed by atoms with E-state index in [1.165, 1.54) is 5.56 Å². The molecule has 0 aliphatic heterocycles. The van der Waals surface area contributed by atoms with Crippen molar-refractivity contribution in [3.8, 4) is 0 Å². The van der Waals surface area contributed by atoms with Crippen LogP contribution in [0.3, 0.4) is 0 Å². The highest BCUT2D eigenvalue weighted by Gasteiger charge is 2.24. The second kappa shape index (κ2) is 4.79. The molecule has 1 aromatic heterocycles. The molecule has 86 valence electrons. The van der Waals surface area contributed by atoms with Gasteiger partial charge in [-0.2, -0.15) is 5.10 Å². The van der Waals surface area contributed by atoms with Gasteiger partial charge < -0.3 is 4.90 Å². The smallest absolute Gasteiger partial charge is 0.0537 e. The standard InChI is InChI=1S/C12H23N3/c1-9(2)10(3)12(14(4)5)11-7-13-15(6)8-11/h7-10,12H,1-6H3/t10-,12-/m1/s1. The summed E-state index contributed by atoms with van der Waals surface area (Å²) in [4.78, 5) is 2.28. The fourth-order valence-corrected chi connectivity index (χ4v) is 2.03. The minimum absolute atomic E-state index is 0.457. The van der Waals surface area contributed by atoms with Crippen molar-refractivity contribution in [2.75, 3.05) is 14.1 Å². The Hall–Kier alpha value is -0.830. The van der Waals surface area contributed by atoms with Crippen LogP contribution in [-0.2, 0) is 7.05 Å². The first-order valence-electron chi connectivity index (χ1n) is 5.58. The predicted molar refractivity (Wildman–Crippen MR) is 63.6 cm³/mol. The van der Waals surface area contributed by atoms with Crippen molar-refractivity contribution in [3.05, 3.63) is 18.0 Å². The lowest BCUT2D eigenvalue weighted by molar-refractivity contribution is 0.184. The zero-order valence-corrected chi connectivity index (χ0v) is 10.7. The molecule has 0 fully saturated rings. The van der Waals surface area contributed by atoms with Gasteiger partial charge in [-0.25, -0.2) is 0 Å². The molecule has 3 heteroatoms. The summed E-state index contributed by atoms with van der Waals surface area (Å²) >= 11 is 0. The molecule has 0 bridgehead atoms. The van der Waals surface area contributed by atoms with Gasteiger partial charge in [0.15, 0.2) is 0 Å². The van der Waals surface area contributed by atoms with Crippen molar-refractivity contribution in [2.45, 2.75) is 26.8 Å². The van der Waals surface area contributed by atoms with E-state index in [1.807, 2.05) is 17.9 Å². The predicted octanol–water partition coefficient (Wildman–Crippen LogP) is 2.31. The molecule has 0 aliphatic carbocycles. The van der Waals surface area contributed by atoms with Gasteiger partial charge in [-0.05, 0) is 25.9 Å². The third-order valence-electron chi connectivity index (χ3n) is 3.17. The molecule has 0 radical (unpaired) electrons. The molecule has 0 N–H and O–H groups in total. The lowest BCUT2D eigenvalue weighted by Crippen LogP contribution is -2.28. The Bertz CT molecular complexity index is 302. The van der Waals surface area contributed by atoms with E-state index in [0.717, 1.165) is 0 Å². The van der Waals surface area contributed by atoms with Gasteiger partial charge in [-0.3, -0.25) is 4.68 Å². The highest BCUT2D eigenvalue weighted by Crippen LogP contribution is 2.31. The molecule has 0 unspecified atom stereocenters. The SMILES string of the molecule is CC(C)[C@@H](C)[C@H](c1cnn(C)c1)N(C)C. The average Bonchev–Trinajstić information content (AvgIpc) is 2.51. The molecule has 2 atom stereocenters. The molecular formula is C12H23N3. The normalized spacial score (nSPS) is 16.0. The number of hydrogen-bond donors (Lipinski definition) is 0. The minimum Gasteiger partial charge on any atom is -0.302 e. The van der Waals surface area contributed by atoms with Crippen LogP contribution in [-0.4, -0.2) is 28.8 Å². The number of hydrogen-bond acceptors (Lipinski definition) is 2. The Kier molecular flexibility index (Phi) is 3.91. The maximum atomic E-state index is 4.25. The molecular weight excluding hydrogens is 186 g/mol. The first-order chi connectivity index (χ1) is 6.93. The van der Waals surface area contributed by atoms with Crippen molar-refractivity contribution in [1.82, 2.24) is 14.7 Å². The number of nitrogens with zero attached hydrogens (tertiary/aromatic N) is 3. The molecule has 0 aromatic carbocycles. The summed E-state index contributed by atoms with van der Waals surface area (Å²) in [5.41, 5.74) is 1.31. The third-order valence-corrected chi connectivity index (χ3v) is 3.17. The lowest BCUT2D eigenvalue weighted by Gasteiger charge is -2.31. The van der Waals surface area contributed by atoms with Gasteiger partial charge in [0.1, 0.15) is 0 Å². The minimum atomic E-state index is 0.457. The number of aromatic nitrogens is 2. The van der Waals surface area contributed by atoms with Crippen LogP contribution < -0.4 is 0 Å². The Morgan fingerprint density at radius 1 is 1.27 bits per heavy atom. The van der Waals surface area contributed by atoms with Crippen LogP contribution in [0.15, 0.2) is 12.4 Å². The Morgan fingerprint density at radius 3 is 2.20 bits per heavy atom. The van der Waals surface area contributed by atoms with Crippen molar-refractivity contribution >= 4 is 0 Å². The van der Waals surface area contributed by atoms with Crippen LogP contribution in [0.4, 0.5) is 0 Å². The van der Waals surface area contributed by atoms with E-state index in [1.54, 1.807) is 0 Å². The van der Waals surface area contributed by atoms with E-state index in [0.29, 0.717) is 17.9 Å². The highest BCUT2D eigenvalue weighted by molar-refractivity contribution is 5.11. The van der Waals surface area contributed by atoms with Gasteiger partial charge in [0.2, 0.25) is 0 Å². The third kappa shape index (κ3) is 2.81. The molecule has 0 aliphatic rings. The van der Waals surface area contributed by atoms with Crippen LogP contribution in [0, 0.1) is 11.8 Å². The van der Waals surface area contributed by atoms with Crippen molar-refractivity contribution in [2.24, 2.45) is 18.9 Å². The monoisotopic (exact) mass is 209 g/mol. The molecule has 0 spiro atoms. The van der Waals surface area contributed by atoms with E-state index in [2.05, 4.69) is 51.1 Å². The van der Waals surface area contributed by atoms with E-state index in [4.69, 9.17) is 0 Å². The Labute approximate surface area is 93.1 Å². The van der Waals surface area contributed by atoms with E-state index >= 15 is 0 Å². The first-order valence-corrected chi connectivity index (χ1v) is 5.58. The van der Waals surface area contributed by atoms with E-state index in [9.17, 15) is 0 Å². The van der Waals surface area contributed by atoms with Gasteiger partial charge in [0.05, 0.1) is 6.20 Å². The molecule has 1 aromatic rings. The molecule has 0 amide bonds. The summed E-state index contributed by atoms with van der Waals surface area (Å²) in [7, 11) is 6.24. The number of rotatable bonds is 4. The van der Waals surface area contributed by atoms with Gasteiger partial charge in [0, 0.05) is 24.8 Å². The van der Waals surface area contributed by atoms with Crippen LogP contribution >= 0.6 is 0 Å². The van der Waals surface area contributed by atoms with Gasteiger partial charge in [0.25, 0.3) is 0 Å². The van der Waals surface area contributed by atoms with Gasteiger partial charge >= 0.3 is 0 Å². The van der Waals surface area contributed by atoms with Crippen molar-refractivity contribution < 1.29 is 0 Å². The molecule has 3 nitrogen and oxygen atoms in total. The lowest BCUT2D eigenvalue weighted by atomic mass is 9.86. The van der Waals surface area contributed by atoms with Crippen LogP contribution in [0.1, 0.15) is 32.4 Å².